The monoisotopic (exact) mass is 325 g/mol. The van der Waals surface area contributed by atoms with Crippen molar-refractivity contribution in [1.29, 1.82) is 0 Å². The van der Waals surface area contributed by atoms with Crippen LogP contribution in [0.25, 0.3) is 0 Å². The highest BCUT2D eigenvalue weighted by Gasteiger charge is 2.00. The van der Waals surface area contributed by atoms with Crippen LogP contribution in [0.15, 0.2) is 53.0 Å². The van der Waals surface area contributed by atoms with Crippen LogP contribution in [0.4, 0.5) is 5.69 Å². The molecule has 1 N–H and O–H groups in total. The van der Waals surface area contributed by atoms with E-state index in [9.17, 15) is 0 Å². The molecule has 0 aliphatic heterocycles. The van der Waals surface area contributed by atoms with Crippen LogP contribution in [0.3, 0.4) is 0 Å². The third kappa shape index (κ3) is 3.93. The normalized spacial score (nSPS) is 10.1. The fraction of sp³-hybridized carbons (Fsp3) is 0.143. The Kier molecular flexibility index (Phi) is 4.90. The third-order valence-corrected chi connectivity index (χ3v) is 3.18. The highest BCUT2D eigenvalue weighted by Crippen LogP contribution is 2.25. The number of anilines is 1. The summed E-state index contributed by atoms with van der Waals surface area (Å²) in [5, 5.41) is 3.94. The summed E-state index contributed by atoms with van der Waals surface area (Å²) in [6, 6.07) is 15.5. The molecule has 0 unspecified atom stereocenters. The van der Waals surface area contributed by atoms with E-state index in [1.165, 1.54) is 0 Å². The number of ether oxygens (including phenoxy) is 1. The number of nitrogens with one attached hydrogen (secondary N) is 1. The molecule has 0 atom stereocenters. The van der Waals surface area contributed by atoms with Gasteiger partial charge in [0.1, 0.15) is 12.4 Å². The van der Waals surface area contributed by atoms with Gasteiger partial charge in [-0.3, -0.25) is 0 Å². The number of benzene rings is 2. The van der Waals surface area contributed by atoms with E-state index in [-0.39, 0.29) is 0 Å². The van der Waals surface area contributed by atoms with Gasteiger partial charge >= 0.3 is 0 Å². The molecule has 0 amide bonds. The van der Waals surface area contributed by atoms with E-state index < -0.39 is 0 Å². The summed E-state index contributed by atoms with van der Waals surface area (Å²) in [7, 11) is 0. The van der Waals surface area contributed by atoms with Gasteiger partial charge in [-0.2, -0.15) is 0 Å². The van der Waals surface area contributed by atoms with E-state index >= 15 is 0 Å². The second-order valence-electron chi connectivity index (χ2n) is 3.71. The van der Waals surface area contributed by atoms with E-state index in [1.54, 1.807) is 0 Å². The molecular weight excluding hydrogens is 314 g/mol. The van der Waals surface area contributed by atoms with E-state index in [0.29, 0.717) is 18.2 Å². The van der Waals surface area contributed by atoms with Crippen molar-refractivity contribution in [2.24, 2.45) is 0 Å². The quantitative estimate of drug-likeness (QED) is 0.811. The van der Waals surface area contributed by atoms with Gasteiger partial charge in [0.25, 0.3) is 0 Å². The van der Waals surface area contributed by atoms with Crippen molar-refractivity contribution >= 4 is 33.2 Å². The maximum atomic E-state index is 6.07. The Labute approximate surface area is 120 Å². The minimum Gasteiger partial charge on any atom is -0.492 e. The van der Waals surface area contributed by atoms with Crippen molar-refractivity contribution in [3.8, 4) is 5.75 Å². The zero-order chi connectivity index (χ0) is 12.8. The van der Waals surface area contributed by atoms with E-state index in [1.807, 2.05) is 48.5 Å². The zero-order valence-electron chi connectivity index (χ0n) is 9.70. The molecule has 2 aromatic rings. The molecule has 0 aliphatic rings. The molecule has 0 aromatic heterocycles. The Bertz CT molecular complexity index is 504. The Morgan fingerprint density at radius 2 is 1.89 bits per heavy atom. The Hall–Kier alpha value is -1.19. The summed E-state index contributed by atoms with van der Waals surface area (Å²) in [5.74, 6) is 0.875. The molecule has 4 heteroatoms. The van der Waals surface area contributed by atoms with Gasteiger partial charge in [-0.05, 0) is 30.3 Å². The lowest BCUT2D eigenvalue weighted by Gasteiger charge is -2.10. The Morgan fingerprint density at radius 3 is 2.67 bits per heavy atom. The van der Waals surface area contributed by atoms with Crippen LogP contribution in [0.1, 0.15) is 0 Å². The van der Waals surface area contributed by atoms with Gasteiger partial charge in [0, 0.05) is 11.0 Å². The van der Waals surface area contributed by atoms with E-state index in [4.69, 9.17) is 16.3 Å². The molecule has 0 saturated carbocycles. The number of para-hydroxylation sites is 1. The lowest BCUT2D eigenvalue weighted by molar-refractivity contribution is 0.333. The SMILES string of the molecule is Clc1ccc(Br)cc1NCCOc1ccccc1. The van der Waals surface area contributed by atoms with Gasteiger partial charge < -0.3 is 10.1 Å². The Morgan fingerprint density at radius 1 is 1.11 bits per heavy atom. The summed E-state index contributed by atoms with van der Waals surface area (Å²) < 4.78 is 6.58. The van der Waals surface area contributed by atoms with Gasteiger partial charge in [0.05, 0.1) is 10.7 Å². The molecule has 2 nitrogen and oxygen atoms in total. The fourth-order valence-electron chi connectivity index (χ4n) is 1.50. The first kappa shape index (κ1) is 13.2. The second kappa shape index (κ2) is 6.66. The van der Waals surface area contributed by atoms with Crippen LogP contribution >= 0.6 is 27.5 Å². The molecule has 94 valence electrons. The molecular formula is C14H13BrClNO. The van der Waals surface area contributed by atoms with Gasteiger partial charge in [0.2, 0.25) is 0 Å². The minimum atomic E-state index is 0.590. The summed E-state index contributed by atoms with van der Waals surface area (Å²) in [4.78, 5) is 0. The molecule has 0 fully saturated rings. The molecule has 2 rings (SSSR count). The second-order valence-corrected chi connectivity index (χ2v) is 5.04. The summed E-state index contributed by atoms with van der Waals surface area (Å²) >= 11 is 9.48. The van der Waals surface area contributed by atoms with Crippen molar-refractivity contribution in [3.63, 3.8) is 0 Å². The van der Waals surface area contributed by atoms with Gasteiger partial charge in [-0.1, -0.05) is 45.7 Å². The van der Waals surface area contributed by atoms with Crippen LogP contribution in [0.5, 0.6) is 5.75 Å². The number of hydrogen-bond acceptors (Lipinski definition) is 2. The first-order valence-corrected chi connectivity index (χ1v) is 6.79. The molecule has 0 radical (unpaired) electrons. The van der Waals surface area contributed by atoms with Gasteiger partial charge in [-0.15, -0.1) is 0 Å². The van der Waals surface area contributed by atoms with Crippen molar-refractivity contribution in [2.45, 2.75) is 0 Å². The summed E-state index contributed by atoms with van der Waals surface area (Å²) in [5.41, 5.74) is 0.905. The fourth-order valence-corrected chi connectivity index (χ4v) is 2.05. The van der Waals surface area contributed by atoms with Crippen LogP contribution in [0, 0.1) is 0 Å². The number of hydrogen-bond donors (Lipinski definition) is 1. The first-order chi connectivity index (χ1) is 8.75. The van der Waals surface area contributed by atoms with Crippen LogP contribution in [-0.4, -0.2) is 13.2 Å². The minimum absolute atomic E-state index is 0.590. The van der Waals surface area contributed by atoms with Crippen molar-refractivity contribution in [3.05, 3.63) is 58.0 Å². The lowest BCUT2D eigenvalue weighted by atomic mass is 10.3. The number of rotatable bonds is 5. The molecule has 0 spiro atoms. The summed E-state index contributed by atoms with van der Waals surface area (Å²) in [6.07, 6.45) is 0. The van der Waals surface area contributed by atoms with Crippen LogP contribution in [-0.2, 0) is 0 Å². The third-order valence-electron chi connectivity index (χ3n) is 2.36. The largest absolute Gasteiger partial charge is 0.492 e. The molecule has 18 heavy (non-hydrogen) atoms. The molecule has 2 aromatic carbocycles. The topological polar surface area (TPSA) is 21.3 Å². The average molecular weight is 327 g/mol. The van der Waals surface area contributed by atoms with E-state index in [0.717, 1.165) is 15.9 Å². The van der Waals surface area contributed by atoms with Crippen molar-refractivity contribution in [1.82, 2.24) is 0 Å². The molecule has 0 saturated heterocycles. The van der Waals surface area contributed by atoms with Gasteiger partial charge in [-0.25, -0.2) is 0 Å². The standard InChI is InChI=1S/C14H13BrClNO/c15-11-6-7-13(16)14(10-11)17-8-9-18-12-4-2-1-3-5-12/h1-7,10,17H,8-9H2. The smallest absolute Gasteiger partial charge is 0.119 e. The molecule has 0 aliphatic carbocycles. The van der Waals surface area contributed by atoms with Gasteiger partial charge in [0.15, 0.2) is 0 Å². The number of halogens is 2. The van der Waals surface area contributed by atoms with Crippen molar-refractivity contribution < 1.29 is 4.74 Å². The molecule has 0 bridgehead atoms. The van der Waals surface area contributed by atoms with E-state index in [2.05, 4.69) is 21.2 Å². The Balaban J connectivity index is 1.80. The highest BCUT2D eigenvalue weighted by molar-refractivity contribution is 9.10. The average Bonchev–Trinajstić information content (AvgIpc) is 2.40. The summed E-state index contributed by atoms with van der Waals surface area (Å²) in [6.45, 7) is 1.29. The zero-order valence-corrected chi connectivity index (χ0v) is 12.0. The first-order valence-electron chi connectivity index (χ1n) is 5.62. The predicted octanol–water partition coefficient (Wildman–Crippen LogP) is 4.59. The maximum Gasteiger partial charge on any atom is 0.119 e. The highest BCUT2D eigenvalue weighted by atomic mass is 79.9. The predicted molar refractivity (Wildman–Crippen MR) is 79.6 cm³/mol. The lowest BCUT2D eigenvalue weighted by Crippen LogP contribution is -2.11. The maximum absolute atomic E-state index is 6.07. The molecule has 0 heterocycles. The van der Waals surface area contributed by atoms with Crippen molar-refractivity contribution in [2.75, 3.05) is 18.5 Å². The van der Waals surface area contributed by atoms with Crippen LogP contribution < -0.4 is 10.1 Å². The van der Waals surface area contributed by atoms with Crippen LogP contribution in [0.2, 0.25) is 5.02 Å².